The third-order valence-electron chi connectivity index (χ3n) is 5.01. The molecule has 3 rings (SSSR count). The van der Waals surface area contributed by atoms with Crippen molar-refractivity contribution in [2.45, 2.75) is 18.5 Å². The van der Waals surface area contributed by atoms with E-state index in [1.807, 2.05) is 18.2 Å². The number of carbonyl (C=O) groups is 1. The van der Waals surface area contributed by atoms with Crippen molar-refractivity contribution in [3.8, 4) is 0 Å². The van der Waals surface area contributed by atoms with Gasteiger partial charge in [0.25, 0.3) is 0 Å². The molecule has 27 heavy (non-hydrogen) atoms. The molecular weight excluding hydrogens is 351 g/mol. The molecular formula is C24H27O2P. The van der Waals surface area contributed by atoms with E-state index >= 15 is 0 Å². The van der Waals surface area contributed by atoms with Gasteiger partial charge in [-0.05, 0) is 0 Å². The molecule has 0 aliphatic rings. The number of methoxy groups -OCH3 is 1. The molecule has 0 amide bonds. The first-order valence-electron chi connectivity index (χ1n) is 9.38. The van der Waals surface area contributed by atoms with Crippen molar-refractivity contribution < 1.29 is 9.53 Å². The van der Waals surface area contributed by atoms with Crippen LogP contribution >= 0.6 is 7.26 Å². The molecule has 140 valence electrons. The van der Waals surface area contributed by atoms with E-state index in [0.717, 1.165) is 18.5 Å². The van der Waals surface area contributed by atoms with Gasteiger partial charge >= 0.3 is 162 Å². The second kappa shape index (κ2) is 9.48. The Kier molecular flexibility index (Phi) is 6.79. The zero-order valence-corrected chi connectivity index (χ0v) is 16.8. The summed E-state index contributed by atoms with van der Waals surface area (Å²) in [6.45, 7) is 0. The van der Waals surface area contributed by atoms with E-state index < -0.39 is 7.26 Å². The molecule has 0 fully saturated rings. The number of benzene rings is 3. The van der Waals surface area contributed by atoms with E-state index in [9.17, 15) is 4.79 Å². The predicted molar refractivity (Wildman–Crippen MR) is 116 cm³/mol. The van der Waals surface area contributed by atoms with Gasteiger partial charge in [-0.25, -0.2) is 0 Å². The van der Waals surface area contributed by atoms with E-state index in [4.69, 9.17) is 4.74 Å². The van der Waals surface area contributed by atoms with Crippen LogP contribution in [-0.4, -0.2) is 19.2 Å². The summed E-state index contributed by atoms with van der Waals surface area (Å²) in [5.74, 6) is -0.0931. The van der Waals surface area contributed by atoms with E-state index in [1.54, 1.807) is 0 Å². The van der Waals surface area contributed by atoms with E-state index in [0.29, 0.717) is 6.16 Å². The van der Waals surface area contributed by atoms with Gasteiger partial charge in [-0.2, -0.15) is 0 Å². The molecule has 0 saturated heterocycles. The molecule has 0 atom stereocenters. The Bertz CT molecular complexity index is 731. The third kappa shape index (κ3) is 5.77. The fourth-order valence-corrected chi connectivity index (χ4v) is 8.65. The average molecular weight is 378 g/mol. The molecule has 0 radical (unpaired) electrons. The van der Waals surface area contributed by atoms with Gasteiger partial charge in [-0.1, -0.05) is 0 Å². The van der Waals surface area contributed by atoms with Crippen LogP contribution in [0.2, 0.25) is 0 Å². The van der Waals surface area contributed by atoms with Gasteiger partial charge in [-0.15, -0.1) is 0 Å². The van der Waals surface area contributed by atoms with Crippen LogP contribution in [0.5, 0.6) is 0 Å². The Morgan fingerprint density at radius 2 is 1.00 bits per heavy atom. The topological polar surface area (TPSA) is 26.3 Å². The van der Waals surface area contributed by atoms with E-state index in [2.05, 4.69) is 72.8 Å². The summed E-state index contributed by atoms with van der Waals surface area (Å²) in [7, 11) is -0.582. The quantitative estimate of drug-likeness (QED) is 0.382. The van der Waals surface area contributed by atoms with Crippen LogP contribution in [0.15, 0.2) is 91.0 Å². The Morgan fingerprint density at radius 3 is 1.30 bits per heavy atom. The van der Waals surface area contributed by atoms with Crippen LogP contribution in [0.4, 0.5) is 0 Å². The molecule has 0 spiro atoms. The molecule has 0 aliphatic carbocycles. The molecule has 3 aromatic rings. The molecule has 0 bridgehead atoms. The first kappa shape index (κ1) is 19.3. The molecule has 2 nitrogen and oxygen atoms in total. The van der Waals surface area contributed by atoms with Crippen molar-refractivity contribution in [1.82, 2.24) is 0 Å². The number of hydrogen-bond acceptors (Lipinski definition) is 2. The van der Waals surface area contributed by atoms with Gasteiger partial charge in [-0.3, -0.25) is 0 Å². The number of rotatable bonds is 8. The summed E-state index contributed by atoms with van der Waals surface area (Å²) in [6, 6.07) is 31.7. The number of hydrogen-bond donors (Lipinski definition) is 0. The fraction of sp³-hybridized carbons (Fsp3) is 0.208. The molecule has 0 N–H and O–H groups in total. The summed E-state index contributed by atoms with van der Waals surface area (Å²) >= 11 is 0. The first-order chi connectivity index (χ1) is 13.2. The molecule has 0 aromatic heterocycles. The maximum atomic E-state index is 12.4. The van der Waals surface area contributed by atoms with Gasteiger partial charge in [0.05, 0.1) is 0 Å². The van der Waals surface area contributed by atoms with Gasteiger partial charge in [0, 0.05) is 0 Å². The summed E-state index contributed by atoms with van der Waals surface area (Å²) in [6.07, 6.45) is 3.42. The van der Waals surface area contributed by atoms with Crippen LogP contribution in [-0.2, 0) is 28.0 Å². The minimum absolute atomic E-state index is 0.0931. The molecule has 0 heterocycles. The monoisotopic (exact) mass is 378 g/mol. The van der Waals surface area contributed by atoms with Crippen molar-refractivity contribution in [3.05, 3.63) is 108 Å². The van der Waals surface area contributed by atoms with Crippen LogP contribution in [0.1, 0.15) is 16.7 Å². The molecule has 0 aliphatic heterocycles. The standard InChI is InChI=1S/C24H27O2P/c1-26-24(25)20-27(17-21-11-5-2-6-12-21,18-22-13-7-3-8-14-22)19-23-15-9-4-10-16-23/h2-16,27H,17-20H2,1H3. The van der Waals surface area contributed by atoms with Crippen molar-refractivity contribution in [3.63, 3.8) is 0 Å². The summed E-state index contributed by atoms with van der Waals surface area (Å²) in [4.78, 5) is 12.4. The first-order valence-corrected chi connectivity index (χ1v) is 12.2. The minimum atomic E-state index is -2.08. The number of esters is 1. The van der Waals surface area contributed by atoms with Crippen LogP contribution < -0.4 is 0 Å². The van der Waals surface area contributed by atoms with Crippen LogP contribution in [0.3, 0.4) is 0 Å². The summed E-state index contributed by atoms with van der Waals surface area (Å²) in [5.41, 5.74) is 3.92. The average Bonchev–Trinajstić information content (AvgIpc) is 2.70. The van der Waals surface area contributed by atoms with Crippen LogP contribution in [0.25, 0.3) is 0 Å². The number of carbonyl (C=O) groups excluding carboxylic acids is 1. The van der Waals surface area contributed by atoms with Crippen LogP contribution in [0, 0.1) is 0 Å². The summed E-state index contributed by atoms with van der Waals surface area (Å²) in [5, 5.41) is 0. The summed E-state index contributed by atoms with van der Waals surface area (Å²) < 4.78 is 5.11. The Balaban J connectivity index is 1.99. The Morgan fingerprint density at radius 1 is 0.667 bits per heavy atom. The SMILES string of the molecule is COC(=O)C[PH](Cc1ccccc1)(Cc1ccccc1)Cc1ccccc1. The van der Waals surface area contributed by atoms with E-state index in [1.165, 1.54) is 23.8 Å². The molecule has 3 heteroatoms. The zero-order valence-electron chi connectivity index (χ0n) is 15.8. The van der Waals surface area contributed by atoms with Crippen molar-refractivity contribution in [2.75, 3.05) is 13.3 Å². The van der Waals surface area contributed by atoms with Gasteiger partial charge < -0.3 is 0 Å². The fourth-order valence-electron chi connectivity index (χ4n) is 3.84. The van der Waals surface area contributed by atoms with Gasteiger partial charge in [0.15, 0.2) is 0 Å². The molecule has 0 saturated carbocycles. The zero-order chi connectivity index (χ0) is 19.0. The molecule has 0 unspecified atom stereocenters. The normalized spacial score (nSPS) is 11.7. The van der Waals surface area contributed by atoms with Crippen molar-refractivity contribution in [1.29, 1.82) is 0 Å². The molecule has 3 aromatic carbocycles. The van der Waals surface area contributed by atoms with Gasteiger partial charge in [0.1, 0.15) is 0 Å². The van der Waals surface area contributed by atoms with Gasteiger partial charge in [0.2, 0.25) is 0 Å². The predicted octanol–water partition coefficient (Wildman–Crippen LogP) is 5.51. The van der Waals surface area contributed by atoms with Crippen molar-refractivity contribution in [2.24, 2.45) is 0 Å². The maximum absolute atomic E-state index is 12.4. The number of ether oxygens (including phenoxy) is 1. The van der Waals surface area contributed by atoms with Crippen molar-refractivity contribution >= 4 is 13.2 Å². The Labute approximate surface area is 162 Å². The third-order valence-corrected chi connectivity index (χ3v) is 9.53. The van der Waals surface area contributed by atoms with E-state index in [-0.39, 0.29) is 5.97 Å². The second-order valence-electron chi connectivity index (χ2n) is 7.24. The second-order valence-corrected chi connectivity index (χ2v) is 11.7. The Hall–Kier alpha value is -2.44.